The number of urea groups is 1. The second-order valence-electron chi connectivity index (χ2n) is 4.46. The number of carbonyl (C=O) groups is 2. The zero-order valence-electron chi connectivity index (χ0n) is 11.3. The minimum Gasteiger partial charge on any atom is -0.481 e. The lowest BCUT2D eigenvalue weighted by atomic mass is 10.2. The van der Waals surface area contributed by atoms with Gasteiger partial charge in [-0.15, -0.1) is 11.3 Å². The molecule has 2 amide bonds. The lowest BCUT2D eigenvalue weighted by Crippen LogP contribution is -2.39. The van der Waals surface area contributed by atoms with Crippen molar-refractivity contribution in [1.82, 2.24) is 15.2 Å². The zero-order chi connectivity index (χ0) is 14.4. The molecule has 1 heterocycles. The van der Waals surface area contributed by atoms with Crippen molar-refractivity contribution in [2.75, 3.05) is 20.1 Å². The third-order valence-electron chi connectivity index (χ3n) is 2.63. The highest BCUT2D eigenvalue weighted by atomic mass is 32.1. The number of aryl methyl sites for hydroxylation is 1. The predicted octanol–water partition coefficient (Wildman–Crippen LogP) is 1.67. The average Bonchev–Trinajstić information content (AvgIpc) is 2.79. The molecule has 0 aromatic carbocycles. The van der Waals surface area contributed by atoms with Crippen molar-refractivity contribution in [2.24, 2.45) is 0 Å². The molecule has 0 aliphatic rings. The molecule has 1 aromatic heterocycles. The lowest BCUT2D eigenvalue weighted by Gasteiger charge is -2.18. The number of aliphatic carboxylic acids is 1. The van der Waals surface area contributed by atoms with Gasteiger partial charge in [-0.25, -0.2) is 9.78 Å². The van der Waals surface area contributed by atoms with Crippen molar-refractivity contribution >= 4 is 23.3 Å². The van der Waals surface area contributed by atoms with E-state index in [0.717, 1.165) is 9.88 Å². The number of aromatic nitrogens is 1. The predicted molar refractivity (Wildman–Crippen MR) is 73.5 cm³/mol. The van der Waals surface area contributed by atoms with Gasteiger partial charge in [-0.05, 0) is 6.92 Å². The van der Waals surface area contributed by atoms with E-state index >= 15 is 0 Å². The first kappa shape index (κ1) is 15.4. The number of carbonyl (C=O) groups excluding carboxylic acids is 1. The Balaban J connectivity index is 2.35. The van der Waals surface area contributed by atoms with E-state index in [-0.39, 0.29) is 24.9 Å². The van der Waals surface area contributed by atoms with E-state index in [2.05, 4.69) is 10.3 Å². The van der Waals surface area contributed by atoms with Gasteiger partial charge in [0.2, 0.25) is 0 Å². The fourth-order valence-corrected chi connectivity index (χ4v) is 2.25. The molecule has 0 aliphatic heterocycles. The van der Waals surface area contributed by atoms with Gasteiger partial charge in [0.15, 0.2) is 0 Å². The fraction of sp³-hybridized carbons (Fsp3) is 0.583. The van der Waals surface area contributed by atoms with Crippen LogP contribution in [0.15, 0.2) is 6.20 Å². The molecule has 1 rings (SSSR count). The molecule has 19 heavy (non-hydrogen) atoms. The first-order valence-electron chi connectivity index (χ1n) is 6.03. The first-order chi connectivity index (χ1) is 8.90. The molecule has 0 fully saturated rings. The molecule has 0 saturated heterocycles. The molecular weight excluding hydrogens is 266 g/mol. The van der Waals surface area contributed by atoms with Crippen LogP contribution < -0.4 is 5.32 Å². The number of hydrogen-bond donors (Lipinski definition) is 2. The molecule has 106 valence electrons. The number of rotatable bonds is 6. The Morgan fingerprint density at radius 2 is 2.26 bits per heavy atom. The third kappa shape index (κ3) is 5.25. The van der Waals surface area contributed by atoms with Gasteiger partial charge in [0, 0.05) is 37.1 Å². The van der Waals surface area contributed by atoms with Crippen LogP contribution in [0.5, 0.6) is 0 Å². The topological polar surface area (TPSA) is 82.5 Å². The zero-order valence-corrected chi connectivity index (χ0v) is 12.2. The largest absolute Gasteiger partial charge is 0.481 e. The highest BCUT2D eigenvalue weighted by molar-refractivity contribution is 7.11. The Hall–Kier alpha value is -1.63. The molecule has 1 aromatic rings. The summed E-state index contributed by atoms with van der Waals surface area (Å²) in [5.41, 5.74) is 0. The van der Waals surface area contributed by atoms with Gasteiger partial charge >= 0.3 is 12.0 Å². The molecule has 0 bridgehead atoms. The van der Waals surface area contributed by atoms with Gasteiger partial charge < -0.3 is 15.3 Å². The van der Waals surface area contributed by atoms with Gasteiger partial charge in [-0.1, -0.05) is 6.92 Å². The van der Waals surface area contributed by atoms with Crippen molar-refractivity contribution in [3.63, 3.8) is 0 Å². The minimum atomic E-state index is -0.911. The van der Waals surface area contributed by atoms with E-state index in [0.29, 0.717) is 6.54 Å². The van der Waals surface area contributed by atoms with Crippen molar-refractivity contribution in [1.29, 1.82) is 0 Å². The summed E-state index contributed by atoms with van der Waals surface area (Å²) in [4.78, 5) is 28.9. The molecule has 1 unspecified atom stereocenters. The Labute approximate surface area is 116 Å². The Morgan fingerprint density at radius 3 is 2.79 bits per heavy atom. The summed E-state index contributed by atoms with van der Waals surface area (Å²) in [6.45, 7) is 4.68. The molecule has 0 aliphatic carbocycles. The standard InChI is InChI=1S/C12H19N3O3S/c1-8(11-13-7-9(2)19-11)6-14-12(18)15(3)5-4-10(16)17/h7-8H,4-6H2,1-3H3,(H,14,18)(H,16,17). The quantitative estimate of drug-likeness (QED) is 0.833. The summed E-state index contributed by atoms with van der Waals surface area (Å²) in [7, 11) is 1.58. The van der Waals surface area contributed by atoms with Crippen molar-refractivity contribution in [3.05, 3.63) is 16.1 Å². The second kappa shape index (κ2) is 7.08. The number of hydrogen-bond acceptors (Lipinski definition) is 4. The van der Waals surface area contributed by atoms with E-state index in [1.807, 2.05) is 20.0 Å². The van der Waals surface area contributed by atoms with Crippen LogP contribution in [-0.2, 0) is 4.79 Å². The van der Waals surface area contributed by atoms with E-state index in [9.17, 15) is 9.59 Å². The molecule has 0 saturated carbocycles. The van der Waals surface area contributed by atoms with Crippen LogP contribution in [0.3, 0.4) is 0 Å². The maximum Gasteiger partial charge on any atom is 0.317 e. The minimum absolute atomic E-state index is 0.0504. The van der Waals surface area contributed by atoms with Gasteiger partial charge in [-0.2, -0.15) is 0 Å². The fourth-order valence-electron chi connectivity index (χ4n) is 1.43. The monoisotopic (exact) mass is 285 g/mol. The number of carboxylic acids is 1. The maximum absolute atomic E-state index is 11.7. The van der Waals surface area contributed by atoms with Gasteiger partial charge in [0.1, 0.15) is 0 Å². The van der Waals surface area contributed by atoms with Crippen LogP contribution in [0.1, 0.15) is 29.1 Å². The van der Waals surface area contributed by atoms with Crippen LogP contribution in [0.25, 0.3) is 0 Å². The number of thiazole rings is 1. The SMILES string of the molecule is Cc1cnc(C(C)CNC(=O)N(C)CCC(=O)O)s1. The molecular formula is C12H19N3O3S. The van der Waals surface area contributed by atoms with Crippen LogP contribution >= 0.6 is 11.3 Å². The molecule has 1 atom stereocenters. The summed E-state index contributed by atoms with van der Waals surface area (Å²) >= 11 is 1.62. The van der Waals surface area contributed by atoms with E-state index in [1.54, 1.807) is 18.4 Å². The van der Waals surface area contributed by atoms with Crippen molar-refractivity contribution in [3.8, 4) is 0 Å². The first-order valence-corrected chi connectivity index (χ1v) is 6.85. The molecule has 2 N–H and O–H groups in total. The highest BCUT2D eigenvalue weighted by Crippen LogP contribution is 2.20. The summed E-state index contributed by atoms with van der Waals surface area (Å²) in [5.74, 6) is -0.762. The third-order valence-corrected chi connectivity index (χ3v) is 3.77. The van der Waals surface area contributed by atoms with Crippen molar-refractivity contribution in [2.45, 2.75) is 26.2 Å². The van der Waals surface area contributed by atoms with Gasteiger partial charge in [-0.3, -0.25) is 4.79 Å². The van der Waals surface area contributed by atoms with Crippen LogP contribution in [-0.4, -0.2) is 47.1 Å². The summed E-state index contributed by atoms with van der Waals surface area (Å²) < 4.78 is 0. The van der Waals surface area contributed by atoms with Gasteiger partial charge in [0.25, 0.3) is 0 Å². The number of carboxylic acid groups (broad SMARTS) is 1. The van der Waals surface area contributed by atoms with E-state index in [1.165, 1.54) is 4.90 Å². The Kier molecular flexibility index (Phi) is 5.75. The number of amides is 2. The molecule has 7 heteroatoms. The highest BCUT2D eigenvalue weighted by Gasteiger charge is 2.13. The van der Waals surface area contributed by atoms with Crippen LogP contribution in [0.4, 0.5) is 4.79 Å². The summed E-state index contributed by atoms with van der Waals surface area (Å²) in [6, 6.07) is -0.263. The molecule has 0 spiro atoms. The summed E-state index contributed by atoms with van der Waals surface area (Å²) in [6.07, 6.45) is 1.77. The molecule has 0 radical (unpaired) electrons. The van der Waals surface area contributed by atoms with E-state index in [4.69, 9.17) is 5.11 Å². The average molecular weight is 285 g/mol. The van der Waals surface area contributed by atoms with Gasteiger partial charge in [0.05, 0.1) is 11.4 Å². The van der Waals surface area contributed by atoms with Crippen LogP contribution in [0, 0.1) is 6.92 Å². The Bertz CT molecular complexity index is 447. The smallest absolute Gasteiger partial charge is 0.317 e. The number of nitrogens with one attached hydrogen (secondary N) is 1. The lowest BCUT2D eigenvalue weighted by molar-refractivity contribution is -0.137. The van der Waals surface area contributed by atoms with Crippen molar-refractivity contribution < 1.29 is 14.7 Å². The normalized spacial score (nSPS) is 11.9. The van der Waals surface area contributed by atoms with Crippen LogP contribution in [0.2, 0.25) is 0 Å². The Morgan fingerprint density at radius 1 is 1.58 bits per heavy atom. The molecule has 6 nitrogen and oxygen atoms in total. The maximum atomic E-state index is 11.7. The second-order valence-corrected chi connectivity index (χ2v) is 5.73. The number of nitrogens with zero attached hydrogens (tertiary/aromatic N) is 2. The van der Waals surface area contributed by atoms with E-state index < -0.39 is 5.97 Å². The summed E-state index contributed by atoms with van der Waals surface area (Å²) in [5, 5.41) is 12.3.